The van der Waals surface area contributed by atoms with Crippen molar-refractivity contribution in [3.63, 3.8) is 0 Å². The number of carbonyl (C=O) groups is 2. The molecule has 2 saturated heterocycles. The Morgan fingerprint density at radius 2 is 1.62 bits per heavy atom. The van der Waals surface area contributed by atoms with Gasteiger partial charge in [0.05, 0.1) is 23.4 Å². The van der Waals surface area contributed by atoms with Crippen LogP contribution in [0.5, 0.6) is 0 Å². The van der Waals surface area contributed by atoms with Crippen molar-refractivity contribution in [1.29, 1.82) is 0 Å². The minimum atomic E-state index is -0.856. The van der Waals surface area contributed by atoms with Crippen LogP contribution in [0.1, 0.15) is 126 Å². The van der Waals surface area contributed by atoms with Crippen LogP contribution in [0.4, 0.5) is 0 Å². The van der Waals surface area contributed by atoms with E-state index in [0.29, 0.717) is 30.6 Å². The zero-order valence-corrected chi connectivity index (χ0v) is 27.5. The molecular weight excluding hydrogens is 528 g/mol. The van der Waals surface area contributed by atoms with E-state index in [1.807, 2.05) is 13.8 Å². The maximum atomic E-state index is 13.1. The van der Waals surface area contributed by atoms with Crippen LogP contribution in [0.2, 0.25) is 0 Å². The quantitative estimate of drug-likeness (QED) is 0.366. The predicted octanol–water partition coefficient (Wildman–Crippen LogP) is 5.11. The molecule has 4 aliphatic carbocycles. The van der Waals surface area contributed by atoms with Crippen molar-refractivity contribution < 1.29 is 24.5 Å². The van der Waals surface area contributed by atoms with E-state index in [1.54, 1.807) is 0 Å². The van der Waals surface area contributed by atoms with Crippen molar-refractivity contribution in [1.82, 2.24) is 10.6 Å². The van der Waals surface area contributed by atoms with Gasteiger partial charge in [-0.15, -0.1) is 0 Å². The first kappa shape index (κ1) is 30.8. The molecule has 0 aromatic rings. The van der Waals surface area contributed by atoms with Gasteiger partial charge in [0.25, 0.3) is 0 Å². The molecule has 4 saturated carbocycles. The van der Waals surface area contributed by atoms with Crippen molar-refractivity contribution >= 4 is 11.8 Å². The number of fused-ring (bicyclic) bond motifs is 5. The molecule has 0 aromatic heterocycles. The molecule has 0 radical (unpaired) electrons. The fraction of sp³-hybridized carbons (Fsp3) is 0.943. The number of ether oxygens (including phenoxy) is 1. The second-order valence-corrected chi connectivity index (χ2v) is 17.7. The van der Waals surface area contributed by atoms with Crippen LogP contribution in [0.3, 0.4) is 0 Å². The molecule has 0 bridgehead atoms. The summed E-state index contributed by atoms with van der Waals surface area (Å²) >= 11 is 0. The van der Waals surface area contributed by atoms with Crippen LogP contribution in [0, 0.1) is 45.3 Å². The maximum absolute atomic E-state index is 13.1. The molecule has 2 aliphatic heterocycles. The Labute approximate surface area is 253 Å². The third-order valence-electron chi connectivity index (χ3n) is 14.9. The van der Waals surface area contributed by atoms with Crippen LogP contribution in [-0.2, 0) is 14.3 Å². The zero-order valence-electron chi connectivity index (χ0n) is 27.5. The molecule has 42 heavy (non-hydrogen) atoms. The molecule has 7 nitrogen and oxygen atoms in total. The Morgan fingerprint density at radius 3 is 2.24 bits per heavy atom. The molecule has 0 spiro atoms. The molecule has 4 N–H and O–H groups in total. The molecule has 12 atom stereocenters. The molecule has 0 aromatic carbocycles. The zero-order chi connectivity index (χ0) is 30.7. The second kappa shape index (κ2) is 9.66. The van der Waals surface area contributed by atoms with Crippen molar-refractivity contribution in [2.45, 2.75) is 162 Å². The number of hydrogen-bond donors (Lipinski definition) is 4. The van der Waals surface area contributed by atoms with Gasteiger partial charge in [0.2, 0.25) is 11.8 Å². The van der Waals surface area contributed by atoms with Gasteiger partial charge in [-0.05, 0) is 130 Å². The van der Waals surface area contributed by atoms with E-state index in [4.69, 9.17) is 4.74 Å². The van der Waals surface area contributed by atoms with Gasteiger partial charge < -0.3 is 25.6 Å². The van der Waals surface area contributed by atoms with Gasteiger partial charge in [0.15, 0.2) is 0 Å². The predicted molar refractivity (Wildman–Crippen MR) is 162 cm³/mol. The molecule has 2 amide bonds. The molecule has 6 aliphatic rings. The van der Waals surface area contributed by atoms with Gasteiger partial charge >= 0.3 is 0 Å². The third kappa shape index (κ3) is 4.29. The highest BCUT2D eigenvalue weighted by Gasteiger charge is 2.72. The first-order valence-electron chi connectivity index (χ1n) is 17.0. The molecule has 6 rings (SSSR count). The largest absolute Gasteiger partial charge is 0.393 e. The van der Waals surface area contributed by atoms with Crippen molar-refractivity contribution in [3.05, 3.63) is 0 Å². The van der Waals surface area contributed by atoms with Crippen LogP contribution in [0.25, 0.3) is 0 Å². The Bertz CT molecular complexity index is 1120. The summed E-state index contributed by atoms with van der Waals surface area (Å²) < 4.78 is 6.71. The fourth-order valence-corrected chi connectivity index (χ4v) is 12.4. The van der Waals surface area contributed by atoms with Gasteiger partial charge in [-0.3, -0.25) is 9.59 Å². The summed E-state index contributed by atoms with van der Waals surface area (Å²) in [7, 11) is 0. The molecular formula is C35H58N2O5. The Morgan fingerprint density at radius 1 is 0.929 bits per heavy atom. The summed E-state index contributed by atoms with van der Waals surface area (Å²) in [5.74, 6) is 1.32. The molecule has 238 valence electrons. The summed E-state index contributed by atoms with van der Waals surface area (Å²) in [4.78, 5) is 24.9. The van der Waals surface area contributed by atoms with E-state index in [-0.39, 0.29) is 63.2 Å². The fourth-order valence-electron chi connectivity index (χ4n) is 12.4. The molecule has 0 unspecified atom stereocenters. The average molecular weight is 587 g/mol. The summed E-state index contributed by atoms with van der Waals surface area (Å²) in [6, 6.07) is -0.317. The Hall–Kier alpha value is -1.18. The highest BCUT2D eigenvalue weighted by Crippen LogP contribution is 2.76. The smallest absolute Gasteiger partial charge is 0.242 e. The number of hydrogen-bond acceptors (Lipinski definition) is 5. The number of aliphatic hydroxyl groups is 2. The number of rotatable bonds is 4. The van der Waals surface area contributed by atoms with Gasteiger partial charge in [-0.2, -0.15) is 0 Å². The van der Waals surface area contributed by atoms with Gasteiger partial charge in [-0.1, -0.05) is 34.6 Å². The number of amides is 2. The van der Waals surface area contributed by atoms with Crippen LogP contribution in [0.15, 0.2) is 0 Å². The highest BCUT2D eigenvalue weighted by atomic mass is 16.5. The van der Waals surface area contributed by atoms with E-state index in [2.05, 4.69) is 52.2 Å². The number of nitrogens with one attached hydrogen (secondary N) is 2. The normalized spacial score (nSPS) is 51.8. The second-order valence-electron chi connectivity index (χ2n) is 17.7. The summed E-state index contributed by atoms with van der Waals surface area (Å²) in [5.41, 5.74) is -0.998. The molecule has 2 heterocycles. The molecule has 6 fully saturated rings. The van der Waals surface area contributed by atoms with E-state index in [1.165, 1.54) is 0 Å². The van der Waals surface area contributed by atoms with Crippen LogP contribution >= 0.6 is 0 Å². The van der Waals surface area contributed by atoms with Gasteiger partial charge in [-0.25, -0.2) is 0 Å². The van der Waals surface area contributed by atoms with Gasteiger partial charge in [0, 0.05) is 12.5 Å². The monoisotopic (exact) mass is 586 g/mol. The number of carbonyl (C=O) groups excluding carboxylic acids is 2. The first-order valence-corrected chi connectivity index (χ1v) is 17.0. The summed E-state index contributed by atoms with van der Waals surface area (Å²) in [6.07, 6.45) is 9.62. The summed E-state index contributed by atoms with van der Waals surface area (Å²) in [5, 5.41) is 29.1. The van der Waals surface area contributed by atoms with Crippen molar-refractivity contribution in [2.24, 2.45) is 45.3 Å². The maximum Gasteiger partial charge on any atom is 0.242 e. The standard InChI is InChI=1S/C35H58N2O5/c1-30(2)23-12-17-33(6)24(32(23,5)15-13-25(30)37-29(40)21-9-10-27(39)36-21)19-22(38)28-20(11-16-34(28,33)7)35(8)18-14-26(42-35)31(3,4)41/h20-26,28,38,41H,9-19H2,1-8H3,(H,36,39)(H,37,40)/t20-,21+,22+,23-,24+,25-,26+,28-,32-,33+,34+,35-/m0/s1. The lowest BCUT2D eigenvalue weighted by atomic mass is 9.35. The highest BCUT2D eigenvalue weighted by molar-refractivity contribution is 5.90. The number of aliphatic hydroxyl groups excluding tert-OH is 1. The first-order chi connectivity index (χ1) is 19.4. The minimum Gasteiger partial charge on any atom is -0.393 e. The van der Waals surface area contributed by atoms with E-state index in [0.717, 1.165) is 57.8 Å². The lowest BCUT2D eigenvalue weighted by Crippen LogP contribution is -2.68. The van der Waals surface area contributed by atoms with E-state index >= 15 is 0 Å². The van der Waals surface area contributed by atoms with Crippen molar-refractivity contribution in [3.8, 4) is 0 Å². The molecule has 7 heteroatoms. The van der Waals surface area contributed by atoms with Crippen molar-refractivity contribution in [2.75, 3.05) is 0 Å². The van der Waals surface area contributed by atoms with Crippen LogP contribution in [-0.4, -0.2) is 57.5 Å². The third-order valence-corrected chi connectivity index (χ3v) is 14.9. The topological polar surface area (TPSA) is 108 Å². The van der Waals surface area contributed by atoms with E-state index in [9.17, 15) is 19.8 Å². The lowest BCUT2D eigenvalue weighted by Gasteiger charge is -2.71. The average Bonchev–Trinajstić information content (AvgIpc) is 3.60. The Balaban J connectivity index is 1.24. The van der Waals surface area contributed by atoms with E-state index < -0.39 is 11.6 Å². The lowest BCUT2D eigenvalue weighted by molar-refractivity contribution is -0.240. The summed E-state index contributed by atoms with van der Waals surface area (Å²) in [6.45, 7) is 18.2. The minimum absolute atomic E-state index is 0.0282. The Kier molecular flexibility index (Phi) is 7.09. The van der Waals surface area contributed by atoms with Gasteiger partial charge in [0.1, 0.15) is 6.04 Å². The van der Waals surface area contributed by atoms with Crippen LogP contribution < -0.4 is 10.6 Å². The SMILES string of the molecule is CC(C)(O)[C@H]1CC[C@@](C)([C@H]2CC[C@]3(C)[C@@H]2[C@H](O)C[C@@H]2[C@@]4(C)CC[C@H](NC(=O)[C@H]5CCC(=O)N5)C(C)(C)[C@@H]4CC[C@]23C)O1.